The molecule has 2 aromatic carbocycles. The van der Waals surface area contributed by atoms with Gasteiger partial charge in [0.2, 0.25) is 0 Å². The van der Waals surface area contributed by atoms with Gasteiger partial charge in [-0.3, -0.25) is 4.79 Å². The number of hydrogen-bond donors (Lipinski definition) is 1. The van der Waals surface area contributed by atoms with E-state index in [1.54, 1.807) is 17.5 Å². The third-order valence-electron chi connectivity index (χ3n) is 4.07. The zero-order valence-corrected chi connectivity index (χ0v) is 17.0. The summed E-state index contributed by atoms with van der Waals surface area (Å²) in [4.78, 5) is 16.4. The second-order valence-electron chi connectivity index (χ2n) is 7.06. The van der Waals surface area contributed by atoms with Gasteiger partial charge in [0.05, 0.1) is 0 Å². The Labute approximate surface area is 168 Å². The van der Waals surface area contributed by atoms with Gasteiger partial charge in [-0.15, -0.1) is 11.3 Å². The quantitative estimate of drug-likeness (QED) is 0.593. The largest absolute Gasteiger partial charge is 0.489 e. The summed E-state index contributed by atoms with van der Waals surface area (Å²) in [6, 6.07) is 12.7. The lowest BCUT2D eigenvalue weighted by Crippen LogP contribution is -2.27. The summed E-state index contributed by atoms with van der Waals surface area (Å²) in [7, 11) is 0. The molecule has 0 spiro atoms. The summed E-state index contributed by atoms with van der Waals surface area (Å²) in [5, 5.41) is 4.93. The molecule has 0 saturated carbocycles. The van der Waals surface area contributed by atoms with Crippen LogP contribution in [0.3, 0.4) is 0 Å². The van der Waals surface area contributed by atoms with Gasteiger partial charge in [-0.05, 0) is 30.5 Å². The third kappa shape index (κ3) is 5.16. The Morgan fingerprint density at radius 2 is 2.07 bits per heavy atom. The Kier molecular flexibility index (Phi) is 6.41. The number of hydrogen-bond acceptors (Lipinski definition) is 4. The van der Waals surface area contributed by atoms with E-state index in [9.17, 15) is 9.18 Å². The SMILES string of the molecule is Cc1cccc(COc2ccc(-c3nc(C(=O)NCC(C)C)cs3)c(F)c2)c1. The van der Waals surface area contributed by atoms with E-state index in [0.717, 1.165) is 11.1 Å². The minimum absolute atomic E-state index is 0.241. The standard InChI is InChI=1S/C22H23FN2O2S/c1-14(2)11-24-21(26)20-13-28-22(25-20)18-8-7-17(10-19(18)23)27-12-16-6-4-5-15(3)9-16/h4-10,13-14H,11-12H2,1-3H3,(H,24,26). The summed E-state index contributed by atoms with van der Waals surface area (Å²) < 4.78 is 20.3. The molecule has 0 unspecified atom stereocenters. The van der Waals surface area contributed by atoms with Gasteiger partial charge in [0.15, 0.2) is 0 Å². The number of nitrogens with one attached hydrogen (secondary N) is 1. The minimum atomic E-state index is -0.426. The molecule has 4 nitrogen and oxygen atoms in total. The average molecular weight is 399 g/mol. The zero-order chi connectivity index (χ0) is 20.1. The lowest BCUT2D eigenvalue weighted by atomic mass is 10.1. The maximum absolute atomic E-state index is 14.6. The smallest absolute Gasteiger partial charge is 0.270 e. The molecule has 0 aliphatic carbocycles. The molecule has 6 heteroatoms. The van der Waals surface area contributed by atoms with Crippen LogP contribution in [-0.2, 0) is 6.61 Å². The molecule has 0 saturated heterocycles. The second-order valence-corrected chi connectivity index (χ2v) is 7.92. The number of carbonyl (C=O) groups is 1. The topological polar surface area (TPSA) is 51.2 Å². The fraction of sp³-hybridized carbons (Fsp3) is 0.273. The summed E-state index contributed by atoms with van der Waals surface area (Å²) in [6.07, 6.45) is 0. The van der Waals surface area contributed by atoms with Crippen LogP contribution in [0.5, 0.6) is 5.75 Å². The van der Waals surface area contributed by atoms with E-state index in [-0.39, 0.29) is 5.91 Å². The minimum Gasteiger partial charge on any atom is -0.489 e. The molecule has 28 heavy (non-hydrogen) atoms. The Bertz CT molecular complexity index is 969. The second kappa shape index (κ2) is 8.97. The first-order chi connectivity index (χ1) is 13.4. The van der Waals surface area contributed by atoms with Crippen LogP contribution in [0, 0.1) is 18.7 Å². The number of halogens is 1. The van der Waals surface area contributed by atoms with Gasteiger partial charge in [0.25, 0.3) is 5.91 Å². The number of aromatic nitrogens is 1. The van der Waals surface area contributed by atoms with Gasteiger partial charge in [0, 0.05) is 23.6 Å². The molecule has 0 radical (unpaired) electrons. The highest BCUT2D eigenvalue weighted by molar-refractivity contribution is 7.13. The van der Waals surface area contributed by atoms with Crippen molar-refractivity contribution in [2.75, 3.05) is 6.54 Å². The Hall–Kier alpha value is -2.73. The van der Waals surface area contributed by atoms with E-state index in [0.29, 0.717) is 41.1 Å². The van der Waals surface area contributed by atoms with Gasteiger partial charge < -0.3 is 10.1 Å². The number of aryl methyl sites for hydroxylation is 1. The van der Waals surface area contributed by atoms with E-state index in [1.165, 1.54) is 17.4 Å². The maximum Gasteiger partial charge on any atom is 0.270 e. The molecular formula is C22H23FN2O2S. The third-order valence-corrected chi connectivity index (χ3v) is 4.94. The van der Waals surface area contributed by atoms with E-state index in [4.69, 9.17) is 4.74 Å². The average Bonchev–Trinajstić information content (AvgIpc) is 3.14. The van der Waals surface area contributed by atoms with Crippen molar-refractivity contribution in [2.45, 2.75) is 27.4 Å². The predicted octanol–water partition coefficient (Wildman–Crippen LogP) is 5.22. The number of carbonyl (C=O) groups excluding carboxylic acids is 1. The summed E-state index contributed by atoms with van der Waals surface area (Å²) in [5.41, 5.74) is 2.84. The molecule has 1 heterocycles. The van der Waals surface area contributed by atoms with Gasteiger partial charge in [0.1, 0.15) is 28.9 Å². The highest BCUT2D eigenvalue weighted by atomic mass is 32.1. The van der Waals surface area contributed by atoms with Crippen LogP contribution >= 0.6 is 11.3 Å². The maximum atomic E-state index is 14.6. The summed E-state index contributed by atoms with van der Waals surface area (Å²) in [6.45, 7) is 7.00. The number of amides is 1. The van der Waals surface area contributed by atoms with Crippen molar-refractivity contribution in [3.8, 4) is 16.3 Å². The van der Waals surface area contributed by atoms with Gasteiger partial charge >= 0.3 is 0 Å². The van der Waals surface area contributed by atoms with E-state index in [2.05, 4.69) is 10.3 Å². The zero-order valence-electron chi connectivity index (χ0n) is 16.2. The van der Waals surface area contributed by atoms with Crippen molar-refractivity contribution in [2.24, 2.45) is 5.92 Å². The lowest BCUT2D eigenvalue weighted by Gasteiger charge is -2.08. The van der Waals surface area contributed by atoms with Crippen LogP contribution in [-0.4, -0.2) is 17.4 Å². The van der Waals surface area contributed by atoms with Crippen molar-refractivity contribution >= 4 is 17.2 Å². The molecule has 0 fully saturated rings. The molecule has 1 aromatic heterocycles. The number of ether oxygens (including phenoxy) is 1. The van der Waals surface area contributed by atoms with E-state index in [1.807, 2.05) is 45.0 Å². The molecule has 1 amide bonds. The number of benzene rings is 2. The Balaban J connectivity index is 1.68. The number of thiazole rings is 1. The van der Waals surface area contributed by atoms with Crippen LogP contribution in [0.4, 0.5) is 4.39 Å². The normalized spacial score (nSPS) is 10.9. The van der Waals surface area contributed by atoms with E-state index < -0.39 is 5.82 Å². The molecule has 0 aliphatic heterocycles. The molecule has 0 bridgehead atoms. The van der Waals surface area contributed by atoms with Crippen molar-refractivity contribution < 1.29 is 13.9 Å². The van der Waals surface area contributed by atoms with E-state index >= 15 is 0 Å². The van der Waals surface area contributed by atoms with Gasteiger partial charge in [-0.1, -0.05) is 43.7 Å². The summed E-state index contributed by atoms with van der Waals surface area (Å²) in [5.74, 6) is 0.140. The Morgan fingerprint density at radius 3 is 2.79 bits per heavy atom. The molecule has 3 aromatic rings. The molecule has 146 valence electrons. The highest BCUT2D eigenvalue weighted by Gasteiger charge is 2.15. The number of rotatable bonds is 7. The first kappa shape index (κ1) is 20.0. The Morgan fingerprint density at radius 1 is 1.25 bits per heavy atom. The van der Waals surface area contributed by atoms with Crippen LogP contribution in [0.15, 0.2) is 47.8 Å². The predicted molar refractivity (Wildman–Crippen MR) is 110 cm³/mol. The number of nitrogens with zero attached hydrogens (tertiary/aromatic N) is 1. The van der Waals surface area contributed by atoms with Crippen molar-refractivity contribution in [3.63, 3.8) is 0 Å². The van der Waals surface area contributed by atoms with Crippen LogP contribution < -0.4 is 10.1 Å². The van der Waals surface area contributed by atoms with Crippen LogP contribution in [0.25, 0.3) is 10.6 Å². The first-order valence-corrected chi connectivity index (χ1v) is 10.0. The highest BCUT2D eigenvalue weighted by Crippen LogP contribution is 2.29. The van der Waals surface area contributed by atoms with Gasteiger partial charge in [-0.25, -0.2) is 9.37 Å². The van der Waals surface area contributed by atoms with Crippen molar-refractivity contribution in [1.82, 2.24) is 10.3 Å². The first-order valence-electron chi connectivity index (χ1n) is 9.14. The lowest BCUT2D eigenvalue weighted by molar-refractivity contribution is 0.0945. The van der Waals surface area contributed by atoms with Crippen molar-refractivity contribution in [1.29, 1.82) is 0 Å². The summed E-state index contributed by atoms with van der Waals surface area (Å²) >= 11 is 1.24. The van der Waals surface area contributed by atoms with Crippen LogP contribution in [0.1, 0.15) is 35.5 Å². The molecule has 0 aliphatic rings. The fourth-order valence-corrected chi connectivity index (χ4v) is 3.44. The molecule has 1 N–H and O–H groups in total. The van der Waals surface area contributed by atoms with Gasteiger partial charge in [-0.2, -0.15) is 0 Å². The van der Waals surface area contributed by atoms with Crippen molar-refractivity contribution in [3.05, 3.63) is 70.5 Å². The molecular weight excluding hydrogens is 375 g/mol. The fourth-order valence-electron chi connectivity index (χ4n) is 2.62. The monoisotopic (exact) mass is 398 g/mol. The molecule has 3 rings (SSSR count). The van der Waals surface area contributed by atoms with Crippen LogP contribution in [0.2, 0.25) is 0 Å². The molecule has 0 atom stereocenters.